The standard InChI is InChI=1S/C17H17FN2O/c1-2-20(13-7-5-6-12(18)10-13)17(21)15-11-19-16-9-4-3-8-14(15)16/h3-10,15,19H,2,11H2,1H3. The third kappa shape index (κ3) is 2.49. The second-order valence-corrected chi connectivity index (χ2v) is 5.08. The fraction of sp³-hybridized carbons (Fsp3) is 0.235. The van der Waals surface area contributed by atoms with E-state index in [0.717, 1.165) is 11.3 Å². The minimum Gasteiger partial charge on any atom is -0.384 e. The van der Waals surface area contributed by atoms with E-state index in [4.69, 9.17) is 0 Å². The van der Waals surface area contributed by atoms with Gasteiger partial charge in [-0.3, -0.25) is 4.79 Å². The van der Waals surface area contributed by atoms with E-state index in [-0.39, 0.29) is 17.6 Å². The van der Waals surface area contributed by atoms with E-state index >= 15 is 0 Å². The summed E-state index contributed by atoms with van der Waals surface area (Å²) in [5, 5.41) is 3.25. The van der Waals surface area contributed by atoms with Gasteiger partial charge < -0.3 is 10.2 Å². The van der Waals surface area contributed by atoms with E-state index in [9.17, 15) is 9.18 Å². The van der Waals surface area contributed by atoms with Crippen molar-refractivity contribution in [2.75, 3.05) is 23.3 Å². The Morgan fingerprint density at radius 2 is 2.10 bits per heavy atom. The molecule has 1 aliphatic rings. The number of nitrogens with one attached hydrogen (secondary N) is 1. The van der Waals surface area contributed by atoms with Gasteiger partial charge in [-0.05, 0) is 36.8 Å². The van der Waals surface area contributed by atoms with Crippen molar-refractivity contribution in [3.8, 4) is 0 Å². The maximum Gasteiger partial charge on any atom is 0.236 e. The van der Waals surface area contributed by atoms with Crippen LogP contribution in [0, 0.1) is 5.82 Å². The highest BCUT2D eigenvalue weighted by Gasteiger charge is 2.31. The first kappa shape index (κ1) is 13.6. The average molecular weight is 284 g/mol. The number of fused-ring (bicyclic) bond motifs is 1. The molecule has 0 radical (unpaired) electrons. The van der Waals surface area contributed by atoms with Gasteiger partial charge in [-0.2, -0.15) is 0 Å². The van der Waals surface area contributed by atoms with Crippen molar-refractivity contribution in [2.24, 2.45) is 0 Å². The monoisotopic (exact) mass is 284 g/mol. The van der Waals surface area contributed by atoms with Crippen LogP contribution in [0.4, 0.5) is 15.8 Å². The molecule has 4 heteroatoms. The highest BCUT2D eigenvalue weighted by molar-refractivity contribution is 6.00. The van der Waals surface area contributed by atoms with Gasteiger partial charge in [0.15, 0.2) is 0 Å². The summed E-state index contributed by atoms with van der Waals surface area (Å²) in [5.41, 5.74) is 2.62. The summed E-state index contributed by atoms with van der Waals surface area (Å²) in [6, 6.07) is 14.0. The van der Waals surface area contributed by atoms with Gasteiger partial charge in [-0.15, -0.1) is 0 Å². The summed E-state index contributed by atoms with van der Waals surface area (Å²) in [6.45, 7) is 3.00. The van der Waals surface area contributed by atoms with Crippen molar-refractivity contribution in [2.45, 2.75) is 12.8 Å². The molecule has 0 aromatic heterocycles. The molecule has 1 N–H and O–H groups in total. The Labute approximate surface area is 123 Å². The maximum atomic E-state index is 13.4. The number of carbonyl (C=O) groups is 1. The minimum absolute atomic E-state index is 0.000509. The second-order valence-electron chi connectivity index (χ2n) is 5.08. The fourth-order valence-corrected chi connectivity index (χ4v) is 2.80. The maximum absolute atomic E-state index is 13.4. The molecule has 2 aromatic rings. The molecule has 21 heavy (non-hydrogen) atoms. The second kappa shape index (κ2) is 5.56. The van der Waals surface area contributed by atoms with Gasteiger partial charge in [0.25, 0.3) is 0 Å². The summed E-state index contributed by atoms with van der Waals surface area (Å²) < 4.78 is 13.4. The molecule has 1 unspecified atom stereocenters. The van der Waals surface area contributed by atoms with Crippen molar-refractivity contribution in [3.63, 3.8) is 0 Å². The van der Waals surface area contributed by atoms with Gasteiger partial charge >= 0.3 is 0 Å². The number of amides is 1. The zero-order chi connectivity index (χ0) is 14.8. The van der Waals surface area contributed by atoms with Crippen LogP contribution in [0.15, 0.2) is 48.5 Å². The van der Waals surface area contributed by atoms with Crippen LogP contribution in [0.1, 0.15) is 18.4 Å². The zero-order valence-electron chi connectivity index (χ0n) is 11.8. The van der Waals surface area contributed by atoms with Crippen LogP contribution in [-0.4, -0.2) is 19.0 Å². The van der Waals surface area contributed by atoms with Gasteiger partial charge in [-0.25, -0.2) is 4.39 Å². The van der Waals surface area contributed by atoms with Gasteiger partial charge in [0.05, 0.1) is 5.92 Å². The Morgan fingerprint density at radius 1 is 1.29 bits per heavy atom. The Bertz CT molecular complexity index is 671. The fourth-order valence-electron chi connectivity index (χ4n) is 2.80. The molecule has 1 aliphatic heterocycles. The summed E-state index contributed by atoms with van der Waals surface area (Å²) in [7, 11) is 0. The molecule has 0 saturated heterocycles. The van der Waals surface area contributed by atoms with E-state index in [1.165, 1.54) is 12.1 Å². The quantitative estimate of drug-likeness (QED) is 0.937. The van der Waals surface area contributed by atoms with E-state index < -0.39 is 0 Å². The Kier molecular flexibility index (Phi) is 3.60. The molecule has 0 saturated carbocycles. The van der Waals surface area contributed by atoms with Gasteiger partial charge in [0.1, 0.15) is 5.82 Å². The van der Waals surface area contributed by atoms with E-state index in [1.54, 1.807) is 17.0 Å². The smallest absolute Gasteiger partial charge is 0.236 e. The predicted molar refractivity (Wildman–Crippen MR) is 82.1 cm³/mol. The first-order valence-corrected chi connectivity index (χ1v) is 7.10. The Balaban J connectivity index is 1.91. The molecular weight excluding hydrogens is 267 g/mol. The molecule has 1 atom stereocenters. The van der Waals surface area contributed by atoms with Crippen LogP contribution in [0.3, 0.4) is 0 Å². The van der Waals surface area contributed by atoms with Crippen LogP contribution in [-0.2, 0) is 4.79 Å². The lowest BCUT2D eigenvalue weighted by molar-refractivity contribution is -0.119. The molecule has 1 heterocycles. The number of likely N-dealkylation sites (N-methyl/N-ethyl adjacent to an activating group) is 1. The van der Waals surface area contributed by atoms with Crippen molar-refractivity contribution < 1.29 is 9.18 Å². The van der Waals surface area contributed by atoms with Crippen LogP contribution in [0.5, 0.6) is 0 Å². The van der Waals surface area contributed by atoms with Gasteiger partial charge in [0.2, 0.25) is 5.91 Å². The van der Waals surface area contributed by atoms with E-state index in [2.05, 4.69) is 5.32 Å². The van der Waals surface area contributed by atoms with Crippen LogP contribution in [0.2, 0.25) is 0 Å². The number of anilines is 2. The molecule has 2 aromatic carbocycles. The Morgan fingerprint density at radius 3 is 2.86 bits per heavy atom. The van der Waals surface area contributed by atoms with Crippen LogP contribution >= 0.6 is 0 Å². The zero-order valence-corrected chi connectivity index (χ0v) is 11.8. The summed E-state index contributed by atoms with van der Waals surface area (Å²) in [6.07, 6.45) is 0. The third-order valence-electron chi connectivity index (χ3n) is 3.83. The molecule has 108 valence electrons. The summed E-state index contributed by atoms with van der Waals surface area (Å²) in [5.74, 6) is -0.548. The molecule has 3 nitrogen and oxygen atoms in total. The van der Waals surface area contributed by atoms with Crippen molar-refractivity contribution in [1.82, 2.24) is 0 Å². The lowest BCUT2D eigenvalue weighted by Gasteiger charge is -2.24. The molecule has 0 bridgehead atoms. The molecule has 0 aliphatic carbocycles. The number of para-hydroxylation sites is 1. The molecule has 1 amide bonds. The van der Waals surface area contributed by atoms with Crippen LogP contribution in [0.25, 0.3) is 0 Å². The first-order valence-electron chi connectivity index (χ1n) is 7.10. The number of benzene rings is 2. The number of nitrogens with zero attached hydrogens (tertiary/aromatic N) is 1. The molecule has 0 fully saturated rings. The first-order chi connectivity index (χ1) is 10.2. The third-order valence-corrected chi connectivity index (χ3v) is 3.83. The lowest BCUT2D eigenvalue weighted by atomic mass is 9.99. The van der Waals surface area contributed by atoms with Gasteiger partial charge in [0, 0.05) is 24.5 Å². The predicted octanol–water partition coefficient (Wildman–Crippen LogP) is 3.39. The number of hydrogen-bond donors (Lipinski definition) is 1. The van der Waals surface area contributed by atoms with E-state index in [1.807, 2.05) is 31.2 Å². The molecule has 0 spiro atoms. The highest BCUT2D eigenvalue weighted by Crippen LogP contribution is 2.33. The van der Waals surface area contributed by atoms with E-state index in [0.29, 0.717) is 18.8 Å². The number of hydrogen-bond acceptors (Lipinski definition) is 2. The number of halogens is 1. The van der Waals surface area contributed by atoms with Crippen molar-refractivity contribution in [1.29, 1.82) is 0 Å². The van der Waals surface area contributed by atoms with Gasteiger partial charge in [-0.1, -0.05) is 24.3 Å². The highest BCUT2D eigenvalue weighted by atomic mass is 19.1. The molecular formula is C17H17FN2O. The number of rotatable bonds is 3. The largest absolute Gasteiger partial charge is 0.384 e. The van der Waals surface area contributed by atoms with Crippen molar-refractivity contribution in [3.05, 3.63) is 59.9 Å². The van der Waals surface area contributed by atoms with Crippen molar-refractivity contribution >= 4 is 17.3 Å². The minimum atomic E-state index is -0.330. The molecule has 3 rings (SSSR count). The summed E-state index contributed by atoms with van der Waals surface area (Å²) in [4.78, 5) is 14.5. The topological polar surface area (TPSA) is 32.3 Å². The van der Waals surface area contributed by atoms with Crippen LogP contribution < -0.4 is 10.2 Å². The normalized spacial score (nSPS) is 16.2. The average Bonchev–Trinajstić information content (AvgIpc) is 2.92. The summed E-state index contributed by atoms with van der Waals surface area (Å²) >= 11 is 0. The lowest BCUT2D eigenvalue weighted by Crippen LogP contribution is -2.35. The number of carbonyl (C=O) groups excluding carboxylic acids is 1. The SMILES string of the molecule is CCN(C(=O)C1CNc2ccccc21)c1cccc(F)c1. The Hall–Kier alpha value is -2.36.